The second-order valence-corrected chi connectivity index (χ2v) is 13.7. The maximum atomic E-state index is 13.5. The molecule has 2 fully saturated rings. The van der Waals surface area contributed by atoms with Crippen LogP contribution >= 0.6 is 33.3 Å². The monoisotopic (exact) mass is 589 g/mol. The highest BCUT2D eigenvalue weighted by Crippen LogP contribution is 2.55. The highest BCUT2D eigenvalue weighted by molar-refractivity contribution is 8.76. The number of nitrogens with zero attached hydrogens (tertiary/aromatic N) is 4. The molecule has 5 N–H and O–H groups in total. The van der Waals surface area contributed by atoms with Crippen LogP contribution in [0.25, 0.3) is 0 Å². The van der Waals surface area contributed by atoms with Gasteiger partial charge >= 0.3 is 5.91 Å². The Kier molecular flexibility index (Phi) is 8.66. The second kappa shape index (κ2) is 11.6. The van der Waals surface area contributed by atoms with Crippen molar-refractivity contribution < 1.29 is 19.2 Å². The molecule has 2 aliphatic heterocycles. The van der Waals surface area contributed by atoms with E-state index in [9.17, 15) is 24.1 Å². The molecular weight excluding hydrogens is 563 g/mol. The molecule has 15 heteroatoms. The predicted octanol–water partition coefficient (Wildman–Crippen LogP) is 1.78. The van der Waals surface area contributed by atoms with Gasteiger partial charge in [0.15, 0.2) is 17.1 Å². The van der Waals surface area contributed by atoms with Crippen molar-refractivity contribution in [2.75, 3.05) is 5.75 Å². The third kappa shape index (κ3) is 5.68. The van der Waals surface area contributed by atoms with E-state index in [4.69, 9.17) is 11.6 Å². The Bertz CT molecular complexity index is 1270. The number of carbonyl (C=O) groups is 4. The number of benzene rings is 1. The van der Waals surface area contributed by atoms with Crippen molar-refractivity contribution in [1.29, 1.82) is 0 Å². The van der Waals surface area contributed by atoms with E-state index in [1.54, 1.807) is 50.4 Å². The fraction of sp³-hybridized carbons (Fsp3) is 0.375. The van der Waals surface area contributed by atoms with Crippen LogP contribution in [-0.4, -0.2) is 66.1 Å². The number of hydrazine groups is 1. The maximum absolute atomic E-state index is 13.5. The molecule has 4 rings (SSSR count). The first kappa shape index (κ1) is 29.0. The van der Waals surface area contributed by atoms with Crippen molar-refractivity contribution in [3.8, 4) is 0 Å². The van der Waals surface area contributed by atoms with E-state index < -0.39 is 51.5 Å². The van der Waals surface area contributed by atoms with E-state index in [1.807, 2.05) is 18.2 Å². The smallest absolute Gasteiger partial charge is 0.310 e. The quantitative estimate of drug-likeness (QED) is 0.0699. The SMILES string of the molecule is CC1(C)SC2(N)C(NC(=O)C(c3ccccc3)N(N)C(=O)CCSSc3ccccn3)C(=O)N2C1C(=O)N=O. The molecule has 3 heterocycles. The molecule has 4 amide bonds. The van der Waals surface area contributed by atoms with Crippen molar-refractivity contribution in [2.45, 2.75) is 53.2 Å². The standard InChI is InChI=1S/C24H27N7O5S3/c1-23(2)19(21(34)29-36)30-22(35)18(24(30,25)39-23)28-20(33)17(14-8-4-3-5-9-14)31(26)16(32)11-13-37-38-15-10-6-7-12-27-15/h3-10,12,17-19H,11,13,25-26H2,1-2H3,(H,28,33). The number of nitrogens with two attached hydrogens (primary N) is 2. The molecule has 0 saturated carbocycles. The van der Waals surface area contributed by atoms with Crippen molar-refractivity contribution in [3.05, 3.63) is 65.2 Å². The number of nitroso groups, excluding NO2 is 1. The zero-order valence-electron chi connectivity index (χ0n) is 21.1. The summed E-state index contributed by atoms with van der Waals surface area (Å²) in [6.07, 6.45) is 1.74. The van der Waals surface area contributed by atoms with Crippen LogP contribution in [0, 0.1) is 4.91 Å². The van der Waals surface area contributed by atoms with Gasteiger partial charge in [0.25, 0.3) is 5.91 Å². The molecule has 2 saturated heterocycles. The summed E-state index contributed by atoms with van der Waals surface area (Å²) in [6.45, 7) is 3.34. The van der Waals surface area contributed by atoms with Gasteiger partial charge in [-0.05, 0) is 42.3 Å². The summed E-state index contributed by atoms with van der Waals surface area (Å²) in [6, 6.07) is 10.4. The second-order valence-electron chi connectivity index (χ2n) is 9.38. The summed E-state index contributed by atoms with van der Waals surface area (Å²) < 4.78 is -0.922. The van der Waals surface area contributed by atoms with Crippen LogP contribution in [0.5, 0.6) is 0 Å². The number of nitrogens with one attached hydrogen (secondary N) is 1. The molecule has 2 aliphatic rings. The van der Waals surface area contributed by atoms with E-state index >= 15 is 0 Å². The Hall–Kier alpha value is -2.98. The lowest BCUT2D eigenvalue weighted by Gasteiger charge is -2.51. The van der Waals surface area contributed by atoms with Crippen molar-refractivity contribution in [1.82, 2.24) is 20.2 Å². The summed E-state index contributed by atoms with van der Waals surface area (Å²) in [5, 5.41) is 6.78. The van der Waals surface area contributed by atoms with Gasteiger partial charge in [0.1, 0.15) is 11.1 Å². The molecule has 4 unspecified atom stereocenters. The molecule has 2 aromatic rings. The average Bonchev–Trinajstić information content (AvgIpc) is 3.12. The molecular formula is C24H27N7O5S3. The molecule has 0 bridgehead atoms. The average molecular weight is 590 g/mol. The molecule has 1 aromatic carbocycles. The number of β-lactam (4-membered cyclic amide) rings is 1. The number of aromatic nitrogens is 1. The molecule has 39 heavy (non-hydrogen) atoms. The van der Waals surface area contributed by atoms with Gasteiger partial charge in [-0.2, -0.15) is 0 Å². The first-order valence-corrected chi connectivity index (χ1v) is 15.0. The molecule has 4 atom stereocenters. The first-order valence-electron chi connectivity index (χ1n) is 11.8. The zero-order valence-corrected chi connectivity index (χ0v) is 23.5. The minimum absolute atomic E-state index is 0.0567. The Morgan fingerprint density at radius 2 is 1.90 bits per heavy atom. The van der Waals surface area contributed by atoms with Gasteiger partial charge in [-0.15, -0.1) is 16.7 Å². The van der Waals surface area contributed by atoms with Crippen LogP contribution in [0.1, 0.15) is 31.9 Å². The highest BCUT2D eigenvalue weighted by atomic mass is 33.1. The number of hydrogen-bond acceptors (Lipinski definition) is 11. The van der Waals surface area contributed by atoms with Crippen molar-refractivity contribution in [3.63, 3.8) is 0 Å². The number of thioether (sulfide) groups is 1. The van der Waals surface area contributed by atoms with Crippen LogP contribution in [0.3, 0.4) is 0 Å². The lowest BCUT2D eigenvalue weighted by molar-refractivity contribution is -0.163. The van der Waals surface area contributed by atoms with Gasteiger partial charge in [0.2, 0.25) is 11.8 Å². The van der Waals surface area contributed by atoms with Crippen molar-refractivity contribution in [2.24, 2.45) is 16.8 Å². The van der Waals surface area contributed by atoms with Gasteiger partial charge in [0.05, 0.1) is 0 Å². The third-order valence-electron chi connectivity index (χ3n) is 6.34. The van der Waals surface area contributed by atoms with Crippen LogP contribution in [0.15, 0.2) is 64.9 Å². The maximum Gasteiger partial charge on any atom is 0.310 e. The number of hydrogen-bond donors (Lipinski definition) is 3. The number of pyridine rings is 1. The topological polar surface area (TPSA) is 181 Å². The summed E-state index contributed by atoms with van der Waals surface area (Å²) in [5.41, 5.74) is 6.93. The molecule has 206 valence electrons. The normalized spacial score (nSPS) is 23.8. The number of rotatable bonds is 10. The van der Waals surface area contributed by atoms with Gasteiger partial charge < -0.3 is 5.32 Å². The van der Waals surface area contributed by atoms with Crippen molar-refractivity contribution >= 4 is 57.0 Å². The Labute approximate surface area is 236 Å². The van der Waals surface area contributed by atoms with Crippen LogP contribution < -0.4 is 16.9 Å². The zero-order chi connectivity index (χ0) is 28.4. The number of fused-ring (bicyclic) bond motifs is 1. The fourth-order valence-electron chi connectivity index (χ4n) is 4.60. The predicted molar refractivity (Wildman–Crippen MR) is 149 cm³/mol. The van der Waals surface area contributed by atoms with Gasteiger partial charge in [-0.25, -0.2) is 10.8 Å². The molecule has 0 radical (unpaired) electrons. The first-order chi connectivity index (χ1) is 18.5. The van der Waals surface area contributed by atoms with Gasteiger partial charge in [-0.1, -0.05) is 47.2 Å². The van der Waals surface area contributed by atoms with Crippen LogP contribution in [-0.2, 0) is 19.2 Å². The fourth-order valence-corrected chi connectivity index (χ4v) is 8.19. The lowest BCUT2D eigenvalue weighted by Crippen LogP contribution is -2.81. The molecule has 1 aromatic heterocycles. The minimum Gasteiger partial charge on any atom is -0.338 e. The van der Waals surface area contributed by atoms with E-state index in [0.29, 0.717) is 11.3 Å². The number of amides is 4. The van der Waals surface area contributed by atoms with Gasteiger partial charge in [0, 0.05) is 28.3 Å². The summed E-state index contributed by atoms with van der Waals surface area (Å²) in [7, 11) is 2.85. The van der Waals surface area contributed by atoms with Crippen LogP contribution in [0.4, 0.5) is 0 Å². The van der Waals surface area contributed by atoms with Crippen LogP contribution in [0.2, 0.25) is 0 Å². The Balaban J connectivity index is 1.46. The summed E-state index contributed by atoms with van der Waals surface area (Å²) >= 11 is 1.09. The van der Waals surface area contributed by atoms with E-state index in [2.05, 4.69) is 15.5 Å². The Morgan fingerprint density at radius 3 is 2.54 bits per heavy atom. The lowest BCUT2D eigenvalue weighted by atomic mass is 9.92. The Morgan fingerprint density at radius 1 is 1.21 bits per heavy atom. The van der Waals surface area contributed by atoms with Gasteiger partial charge in [-0.3, -0.25) is 34.8 Å². The highest BCUT2D eigenvalue weighted by Gasteiger charge is 2.72. The molecule has 12 nitrogen and oxygen atoms in total. The van der Waals surface area contributed by atoms with E-state index in [1.165, 1.54) is 21.6 Å². The minimum atomic E-state index is -1.48. The van der Waals surface area contributed by atoms with E-state index in [-0.39, 0.29) is 6.42 Å². The molecule has 0 spiro atoms. The summed E-state index contributed by atoms with van der Waals surface area (Å²) in [4.78, 5) is 66.6. The number of carbonyl (C=O) groups excluding carboxylic acids is 4. The molecule has 0 aliphatic carbocycles. The summed E-state index contributed by atoms with van der Waals surface area (Å²) in [5.74, 6) is 3.78. The van der Waals surface area contributed by atoms with E-state index in [0.717, 1.165) is 26.7 Å². The third-order valence-corrected chi connectivity index (χ3v) is 10.1. The largest absolute Gasteiger partial charge is 0.338 e.